The standard InChI is InChI=1S/C16H17N3OS2/c1-11-7-12(2)18-16(14(11)8-17)22-10-15(20)19(3)9-13-5-4-6-21-13/h4-7H,9-10H2,1-3H3. The number of aryl methyl sites for hydroxylation is 2. The summed E-state index contributed by atoms with van der Waals surface area (Å²) < 4.78 is 0. The van der Waals surface area contributed by atoms with Crippen LogP contribution < -0.4 is 0 Å². The van der Waals surface area contributed by atoms with Crippen LogP contribution in [0.3, 0.4) is 0 Å². The van der Waals surface area contributed by atoms with Crippen LogP contribution in [0.5, 0.6) is 0 Å². The number of aromatic nitrogens is 1. The molecule has 0 aromatic carbocycles. The number of amides is 1. The minimum absolute atomic E-state index is 0.0308. The lowest BCUT2D eigenvalue weighted by Gasteiger charge is -2.16. The van der Waals surface area contributed by atoms with Gasteiger partial charge in [0.1, 0.15) is 11.1 Å². The number of carbonyl (C=O) groups excluding carboxylic acids is 1. The van der Waals surface area contributed by atoms with Crippen molar-refractivity contribution >= 4 is 29.0 Å². The van der Waals surface area contributed by atoms with Crippen molar-refractivity contribution in [3.8, 4) is 6.07 Å². The first-order valence-electron chi connectivity index (χ1n) is 6.78. The minimum Gasteiger partial charge on any atom is -0.340 e. The number of rotatable bonds is 5. The van der Waals surface area contributed by atoms with Crippen LogP contribution in [0.2, 0.25) is 0 Å². The molecule has 2 rings (SSSR count). The summed E-state index contributed by atoms with van der Waals surface area (Å²) in [5, 5.41) is 11.9. The molecule has 0 spiro atoms. The molecule has 2 aromatic rings. The van der Waals surface area contributed by atoms with E-state index < -0.39 is 0 Å². The largest absolute Gasteiger partial charge is 0.340 e. The van der Waals surface area contributed by atoms with E-state index in [-0.39, 0.29) is 11.7 Å². The molecule has 0 unspecified atom stereocenters. The Bertz CT molecular complexity index is 705. The number of thioether (sulfide) groups is 1. The van der Waals surface area contributed by atoms with E-state index in [0.717, 1.165) is 16.1 Å². The van der Waals surface area contributed by atoms with Crippen molar-refractivity contribution < 1.29 is 4.79 Å². The molecule has 0 fully saturated rings. The highest BCUT2D eigenvalue weighted by Crippen LogP contribution is 2.24. The summed E-state index contributed by atoms with van der Waals surface area (Å²) in [4.78, 5) is 19.5. The van der Waals surface area contributed by atoms with Crippen LogP contribution in [-0.4, -0.2) is 28.6 Å². The Morgan fingerprint density at radius 3 is 2.91 bits per heavy atom. The molecule has 4 nitrogen and oxygen atoms in total. The van der Waals surface area contributed by atoms with E-state index in [0.29, 0.717) is 17.1 Å². The van der Waals surface area contributed by atoms with Gasteiger partial charge in [0.25, 0.3) is 0 Å². The van der Waals surface area contributed by atoms with Gasteiger partial charge < -0.3 is 4.90 Å². The number of thiophene rings is 1. The Morgan fingerprint density at radius 1 is 1.50 bits per heavy atom. The number of nitriles is 1. The zero-order chi connectivity index (χ0) is 16.1. The maximum Gasteiger partial charge on any atom is 0.233 e. The van der Waals surface area contributed by atoms with Crippen LogP contribution in [0, 0.1) is 25.2 Å². The average Bonchev–Trinajstić information content (AvgIpc) is 2.97. The molecule has 0 radical (unpaired) electrons. The molecular formula is C16H17N3OS2. The average molecular weight is 331 g/mol. The van der Waals surface area contributed by atoms with E-state index in [2.05, 4.69) is 11.1 Å². The third-order valence-corrected chi connectivity index (χ3v) is 4.98. The summed E-state index contributed by atoms with van der Waals surface area (Å²) in [7, 11) is 1.79. The second-order valence-corrected chi connectivity index (χ2v) is 6.99. The Hall–Kier alpha value is -1.84. The van der Waals surface area contributed by atoms with E-state index in [9.17, 15) is 10.1 Å². The fourth-order valence-corrected chi connectivity index (χ4v) is 3.81. The molecule has 0 saturated heterocycles. The number of pyridine rings is 1. The summed E-state index contributed by atoms with van der Waals surface area (Å²) in [6, 6.07) is 8.05. The van der Waals surface area contributed by atoms with E-state index in [1.54, 1.807) is 23.3 Å². The molecule has 0 aliphatic carbocycles. The Kier molecular flexibility index (Phi) is 5.58. The van der Waals surface area contributed by atoms with Crippen LogP contribution in [0.15, 0.2) is 28.6 Å². The highest BCUT2D eigenvalue weighted by molar-refractivity contribution is 8.00. The molecule has 0 N–H and O–H groups in total. The zero-order valence-electron chi connectivity index (χ0n) is 12.8. The Balaban J connectivity index is 2.01. The molecule has 0 saturated carbocycles. The third kappa shape index (κ3) is 4.09. The summed E-state index contributed by atoms with van der Waals surface area (Å²) in [5.74, 6) is 0.315. The lowest BCUT2D eigenvalue weighted by Crippen LogP contribution is -2.27. The molecule has 0 aliphatic rings. The first kappa shape index (κ1) is 16.5. The smallest absolute Gasteiger partial charge is 0.233 e. The van der Waals surface area contributed by atoms with E-state index in [1.165, 1.54) is 11.8 Å². The summed E-state index contributed by atoms with van der Waals surface area (Å²) in [6.07, 6.45) is 0. The summed E-state index contributed by atoms with van der Waals surface area (Å²) in [5.41, 5.74) is 2.32. The number of hydrogen-bond acceptors (Lipinski definition) is 5. The predicted molar refractivity (Wildman–Crippen MR) is 89.9 cm³/mol. The molecule has 0 atom stereocenters. The van der Waals surface area contributed by atoms with Gasteiger partial charge in [-0.05, 0) is 36.9 Å². The molecule has 6 heteroatoms. The van der Waals surface area contributed by atoms with Crippen molar-refractivity contribution in [1.29, 1.82) is 5.26 Å². The SMILES string of the molecule is Cc1cc(C)c(C#N)c(SCC(=O)N(C)Cc2cccs2)n1. The van der Waals surface area contributed by atoms with Gasteiger partial charge in [0, 0.05) is 17.6 Å². The second kappa shape index (κ2) is 7.43. The summed E-state index contributed by atoms with van der Waals surface area (Å²) >= 11 is 2.96. The van der Waals surface area contributed by atoms with E-state index >= 15 is 0 Å². The van der Waals surface area contributed by atoms with Gasteiger partial charge in [-0.25, -0.2) is 4.98 Å². The molecule has 2 aromatic heterocycles. The monoisotopic (exact) mass is 331 g/mol. The van der Waals surface area contributed by atoms with Crippen molar-refractivity contribution in [2.45, 2.75) is 25.4 Å². The maximum atomic E-state index is 12.2. The van der Waals surface area contributed by atoms with Gasteiger partial charge in [0.2, 0.25) is 5.91 Å². The highest BCUT2D eigenvalue weighted by Gasteiger charge is 2.14. The molecule has 22 heavy (non-hydrogen) atoms. The van der Waals surface area contributed by atoms with E-state index in [1.807, 2.05) is 37.4 Å². The van der Waals surface area contributed by atoms with Gasteiger partial charge >= 0.3 is 0 Å². The predicted octanol–water partition coefficient (Wildman–Crippen LogP) is 3.38. The van der Waals surface area contributed by atoms with Gasteiger partial charge in [-0.2, -0.15) is 5.26 Å². The topological polar surface area (TPSA) is 57.0 Å². The normalized spacial score (nSPS) is 10.3. The van der Waals surface area contributed by atoms with Gasteiger partial charge in [0.05, 0.1) is 17.9 Å². The quantitative estimate of drug-likeness (QED) is 0.788. The lowest BCUT2D eigenvalue weighted by molar-refractivity contribution is -0.127. The van der Waals surface area contributed by atoms with Gasteiger partial charge in [-0.15, -0.1) is 11.3 Å². The van der Waals surface area contributed by atoms with Gasteiger partial charge in [-0.1, -0.05) is 17.8 Å². The molecule has 114 valence electrons. The van der Waals surface area contributed by atoms with Crippen LogP contribution >= 0.6 is 23.1 Å². The van der Waals surface area contributed by atoms with Gasteiger partial charge in [-0.3, -0.25) is 4.79 Å². The summed E-state index contributed by atoms with van der Waals surface area (Å²) in [6.45, 7) is 4.40. The van der Waals surface area contributed by atoms with Crippen molar-refractivity contribution in [3.05, 3.63) is 45.3 Å². The van der Waals surface area contributed by atoms with Crippen molar-refractivity contribution in [2.24, 2.45) is 0 Å². The fraction of sp³-hybridized carbons (Fsp3) is 0.312. The molecular weight excluding hydrogens is 314 g/mol. The first-order valence-corrected chi connectivity index (χ1v) is 8.65. The highest BCUT2D eigenvalue weighted by atomic mass is 32.2. The van der Waals surface area contributed by atoms with Crippen LogP contribution in [0.4, 0.5) is 0 Å². The van der Waals surface area contributed by atoms with E-state index in [4.69, 9.17) is 0 Å². The maximum absolute atomic E-state index is 12.2. The zero-order valence-corrected chi connectivity index (χ0v) is 14.4. The van der Waals surface area contributed by atoms with Crippen molar-refractivity contribution in [3.63, 3.8) is 0 Å². The number of nitrogens with zero attached hydrogens (tertiary/aromatic N) is 3. The second-order valence-electron chi connectivity index (χ2n) is 4.99. The molecule has 1 amide bonds. The van der Waals surface area contributed by atoms with Crippen LogP contribution in [-0.2, 0) is 11.3 Å². The molecule has 0 bridgehead atoms. The lowest BCUT2D eigenvalue weighted by atomic mass is 10.1. The fourth-order valence-electron chi connectivity index (χ4n) is 2.01. The Labute approximate surface area is 138 Å². The van der Waals surface area contributed by atoms with Crippen molar-refractivity contribution in [2.75, 3.05) is 12.8 Å². The number of hydrogen-bond donors (Lipinski definition) is 0. The third-order valence-electron chi connectivity index (χ3n) is 3.15. The first-order chi connectivity index (χ1) is 10.5. The van der Waals surface area contributed by atoms with Gasteiger partial charge in [0.15, 0.2) is 0 Å². The Morgan fingerprint density at radius 2 is 2.27 bits per heavy atom. The number of carbonyl (C=O) groups is 1. The molecule has 0 aliphatic heterocycles. The van der Waals surface area contributed by atoms with Crippen LogP contribution in [0.25, 0.3) is 0 Å². The van der Waals surface area contributed by atoms with Crippen molar-refractivity contribution in [1.82, 2.24) is 9.88 Å². The van der Waals surface area contributed by atoms with Crippen LogP contribution in [0.1, 0.15) is 21.7 Å². The minimum atomic E-state index is 0.0308. The molecule has 2 heterocycles.